The molecule has 1 heterocycles. The molecule has 6 nitrogen and oxygen atoms in total. The fourth-order valence-electron chi connectivity index (χ4n) is 7.10. The minimum Gasteiger partial charge on any atom is -0.445 e. The summed E-state index contributed by atoms with van der Waals surface area (Å²) in [4.78, 5) is 33.3. The Morgan fingerprint density at radius 3 is 2.04 bits per heavy atom. The molecule has 0 bridgehead atoms. The molecule has 240 valence electrons. The van der Waals surface area contributed by atoms with Crippen molar-refractivity contribution in [1.29, 1.82) is 0 Å². The molecule has 3 unspecified atom stereocenters. The Morgan fingerprint density at radius 1 is 0.822 bits per heavy atom. The summed E-state index contributed by atoms with van der Waals surface area (Å²) in [7, 11) is 1.97. The van der Waals surface area contributed by atoms with Crippen LogP contribution in [-0.4, -0.2) is 72.0 Å². The number of rotatable bonds is 10. The molecular formula is C39H51N3O3. The Bertz CT molecular complexity index is 1350. The van der Waals surface area contributed by atoms with Crippen molar-refractivity contribution in [3.8, 4) is 0 Å². The highest BCUT2D eigenvalue weighted by Crippen LogP contribution is 2.42. The van der Waals surface area contributed by atoms with Gasteiger partial charge < -0.3 is 19.4 Å². The van der Waals surface area contributed by atoms with Crippen LogP contribution in [0, 0.1) is 11.3 Å². The van der Waals surface area contributed by atoms with Crippen LogP contribution in [0.25, 0.3) is 0 Å². The SMILES string of the molecule is CN(C(=O)c1ccccc1)C1CC(CN2CCC(N(CCC(C)(C)C)C(=O)OCc3ccccc3)CC2)C(c2ccccc2)C1. The lowest BCUT2D eigenvalue weighted by atomic mass is 9.88. The molecule has 0 N–H and O–H groups in total. The second-order valence-corrected chi connectivity index (χ2v) is 14.3. The van der Waals surface area contributed by atoms with Gasteiger partial charge in [-0.2, -0.15) is 0 Å². The van der Waals surface area contributed by atoms with E-state index in [1.807, 2.05) is 77.5 Å². The maximum absolute atomic E-state index is 13.4. The molecule has 2 amide bonds. The largest absolute Gasteiger partial charge is 0.445 e. The van der Waals surface area contributed by atoms with Crippen molar-refractivity contribution in [2.75, 3.05) is 33.2 Å². The zero-order valence-corrected chi connectivity index (χ0v) is 27.6. The van der Waals surface area contributed by atoms with Gasteiger partial charge in [-0.1, -0.05) is 99.6 Å². The molecule has 3 aromatic carbocycles. The molecule has 1 aliphatic carbocycles. The standard InChI is InChI=1S/C39H51N3O3/c1-39(2,3)22-25-42(38(44)45-29-30-14-8-5-9-15-30)34-20-23-41(24-21-34)28-33-26-35(27-36(33)31-16-10-6-11-17-31)40(4)37(43)32-18-12-7-13-19-32/h5-19,33-36H,20-29H2,1-4H3. The highest BCUT2D eigenvalue weighted by Gasteiger charge is 2.40. The minimum atomic E-state index is -0.199. The van der Waals surface area contributed by atoms with Gasteiger partial charge >= 0.3 is 6.09 Å². The van der Waals surface area contributed by atoms with Gasteiger partial charge in [0.1, 0.15) is 6.61 Å². The second kappa shape index (κ2) is 15.1. The smallest absolute Gasteiger partial charge is 0.410 e. The van der Waals surface area contributed by atoms with Crippen LogP contribution in [0.5, 0.6) is 0 Å². The van der Waals surface area contributed by atoms with Crippen LogP contribution in [-0.2, 0) is 11.3 Å². The molecule has 1 saturated carbocycles. The Labute approximate surface area is 270 Å². The molecule has 3 atom stereocenters. The number of piperidine rings is 1. The third-order valence-electron chi connectivity index (χ3n) is 9.82. The van der Waals surface area contributed by atoms with Crippen molar-refractivity contribution in [1.82, 2.24) is 14.7 Å². The molecule has 2 fully saturated rings. The number of ether oxygens (including phenoxy) is 1. The predicted molar refractivity (Wildman–Crippen MR) is 181 cm³/mol. The average Bonchev–Trinajstić information content (AvgIpc) is 3.48. The van der Waals surface area contributed by atoms with Crippen LogP contribution in [0.3, 0.4) is 0 Å². The highest BCUT2D eigenvalue weighted by molar-refractivity contribution is 5.94. The fraction of sp³-hybridized carbons (Fsp3) is 0.487. The maximum Gasteiger partial charge on any atom is 0.410 e. The van der Waals surface area contributed by atoms with E-state index in [2.05, 4.69) is 56.0 Å². The molecule has 1 saturated heterocycles. The third-order valence-corrected chi connectivity index (χ3v) is 9.82. The summed E-state index contributed by atoms with van der Waals surface area (Å²) >= 11 is 0. The van der Waals surface area contributed by atoms with Crippen molar-refractivity contribution in [2.24, 2.45) is 11.3 Å². The molecule has 45 heavy (non-hydrogen) atoms. The van der Waals surface area contributed by atoms with E-state index in [0.29, 0.717) is 25.0 Å². The molecule has 3 aromatic rings. The zero-order chi connectivity index (χ0) is 31.8. The van der Waals surface area contributed by atoms with E-state index < -0.39 is 0 Å². The zero-order valence-electron chi connectivity index (χ0n) is 27.6. The second-order valence-electron chi connectivity index (χ2n) is 14.3. The molecule has 0 radical (unpaired) electrons. The Hall–Kier alpha value is -3.64. The topological polar surface area (TPSA) is 53.1 Å². The third kappa shape index (κ3) is 8.97. The first kappa shape index (κ1) is 32.7. The van der Waals surface area contributed by atoms with Crippen LogP contribution in [0.4, 0.5) is 4.79 Å². The predicted octanol–water partition coefficient (Wildman–Crippen LogP) is 7.86. The summed E-state index contributed by atoms with van der Waals surface area (Å²) in [6.07, 6.45) is 4.61. The van der Waals surface area contributed by atoms with Crippen molar-refractivity contribution >= 4 is 12.0 Å². The molecule has 1 aliphatic heterocycles. The van der Waals surface area contributed by atoms with Gasteiger partial charge in [-0.25, -0.2) is 4.79 Å². The van der Waals surface area contributed by atoms with Gasteiger partial charge in [0.25, 0.3) is 5.91 Å². The van der Waals surface area contributed by atoms with Crippen molar-refractivity contribution in [3.05, 3.63) is 108 Å². The van der Waals surface area contributed by atoms with Gasteiger partial charge in [-0.3, -0.25) is 4.79 Å². The van der Waals surface area contributed by atoms with E-state index in [4.69, 9.17) is 4.74 Å². The van der Waals surface area contributed by atoms with Crippen molar-refractivity contribution in [3.63, 3.8) is 0 Å². The van der Waals surface area contributed by atoms with E-state index >= 15 is 0 Å². The number of carbonyl (C=O) groups excluding carboxylic acids is 2. The van der Waals surface area contributed by atoms with E-state index in [9.17, 15) is 9.59 Å². The molecular weight excluding hydrogens is 558 g/mol. The highest BCUT2D eigenvalue weighted by atomic mass is 16.6. The lowest BCUT2D eigenvalue weighted by Gasteiger charge is -2.40. The summed E-state index contributed by atoms with van der Waals surface area (Å²) in [6.45, 7) is 10.6. The lowest BCUT2D eigenvalue weighted by Crippen LogP contribution is -2.49. The number of amides is 2. The quantitative estimate of drug-likeness (QED) is 0.235. The molecule has 2 aliphatic rings. The first-order valence-corrected chi connectivity index (χ1v) is 16.7. The Balaban J connectivity index is 1.22. The molecule has 0 spiro atoms. The number of carbonyl (C=O) groups is 2. The summed E-state index contributed by atoms with van der Waals surface area (Å²) in [5.41, 5.74) is 3.27. The van der Waals surface area contributed by atoms with Gasteiger partial charge in [0.2, 0.25) is 0 Å². The van der Waals surface area contributed by atoms with E-state index in [1.54, 1.807) is 0 Å². The first-order valence-electron chi connectivity index (χ1n) is 16.7. The summed E-state index contributed by atoms with van der Waals surface area (Å²) in [6, 6.07) is 30.8. The Morgan fingerprint density at radius 2 is 1.42 bits per heavy atom. The van der Waals surface area contributed by atoms with Crippen LogP contribution in [0.1, 0.15) is 80.3 Å². The van der Waals surface area contributed by atoms with Gasteiger partial charge in [0.05, 0.1) is 0 Å². The van der Waals surface area contributed by atoms with Gasteiger partial charge in [0, 0.05) is 50.9 Å². The number of hydrogen-bond acceptors (Lipinski definition) is 4. The van der Waals surface area contributed by atoms with Gasteiger partial charge in [-0.15, -0.1) is 0 Å². The van der Waals surface area contributed by atoms with Crippen LogP contribution >= 0.6 is 0 Å². The number of benzene rings is 3. The number of nitrogens with zero attached hydrogens (tertiary/aromatic N) is 3. The van der Waals surface area contributed by atoms with Crippen molar-refractivity contribution < 1.29 is 14.3 Å². The summed E-state index contributed by atoms with van der Waals surface area (Å²) < 4.78 is 5.83. The summed E-state index contributed by atoms with van der Waals surface area (Å²) in [5, 5.41) is 0. The molecule has 0 aromatic heterocycles. The van der Waals surface area contributed by atoms with E-state index in [1.165, 1.54) is 5.56 Å². The van der Waals surface area contributed by atoms with Gasteiger partial charge in [-0.05, 0) is 72.6 Å². The molecule has 5 rings (SSSR count). The molecule has 6 heteroatoms. The van der Waals surface area contributed by atoms with E-state index in [0.717, 1.165) is 62.9 Å². The maximum atomic E-state index is 13.4. The van der Waals surface area contributed by atoms with Crippen LogP contribution < -0.4 is 0 Å². The van der Waals surface area contributed by atoms with Crippen LogP contribution in [0.2, 0.25) is 0 Å². The minimum absolute atomic E-state index is 0.100. The number of hydrogen-bond donors (Lipinski definition) is 0. The first-order chi connectivity index (χ1) is 21.7. The van der Waals surface area contributed by atoms with E-state index in [-0.39, 0.29) is 29.5 Å². The fourth-order valence-corrected chi connectivity index (χ4v) is 7.10. The average molecular weight is 610 g/mol. The normalized spacial score (nSPS) is 20.9. The number of likely N-dealkylation sites (tertiary alicyclic amines) is 1. The van der Waals surface area contributed by atoms with Gasteiger partial charge in [0.15, 0.2) is 0 Å². The lowest BCUT2D eigenvalue weighted by molar-refractivity contribution is 0.0528. The van der Waals surface area contributed by atoms with Crippen LogP contribution in [0.15, 0.2) is 91.0 Å². The monoisotopic (exact) mass is 609 g/mol. The summed E-state index contributed by atoms with van der Waals surface area (Å²) in [5.74, 6) is 0.979. The Kier molecular flexibility index (Phi) is 11.0. The van der Waals surface area contributed by atoms with Crippen molar-refractivity contribution in [2.45, 2.75) is 77.5 Å².